The summed E-state index contributed by atoms with van der Waals surface area (Å²) in [5.41, 5.74) is 11.5. The Morgan fingerprint density at radius 2 is 2.00 bits per heavy atom. The van der Waals surface area contributed by atoms with Crippen molar-refractivity contribution < 1.29 is 13.6 Å². The molecule has 0 saturated carbocycles. The predicted octanol–water partition coefficient (Wildman–Crippen LogP) is 3.20. The molecule has 2 aromatic heterocycles. The molecule has 0 aliphatic heterocycles. The first-order chi connectivity index (χ1) is 17.6. The molecule has 188 valence electrons. The quantitative estimate of drug-likeness (QED) is 0.319. The summed E-state index contributed by atoms with van der Waals surface area (Å²) in [4.78, 5) is 32.3. The molecular formula is C26H23F2N7O2. The molecule has 0 aliphatic rings. The Balaban J connectivity index is 0.000000233. The van der Waals surface area contributed by atoms with E-state index in [1.165, 1.54) is 27.6 Å². The van der Waals surface area contributed by atoms with Crippen molar-refractivity contribution in [2.24, 2.45) is 17.8 Å². The minimum Gasteiger partial charge on any atom is -0.381 e. The van der Waals surface area contributed by atoms with E-state index in [0.717, 1.165) is 12.1 Å². The third-order valence-electron chi connectivity index (χ3n) is 5.19. The second-order valence-electron chi connectivity index (χ2n) is 7.55. The van der Waals surface area contributed by atoms with Crippen LogP contribution in [0.4, 0.5) is 20.4 Å². The highest BCUT2D eigenvalue weighted by molar-refractivity contribution is 6.02. The van der Waals surface area contributed by atoms with Gasteiger partial charge in [-0.1, -0.05) is 31.6 Å². The highest BCUT2D eigenvalue weighted by Crippen LogP contribution is 2.23. The van der Waals surface area contributed by atoms with Gasteiger partial charge in [-0.15, -0.1) is 6.42 Å². The fourth-order valence-electron chi connectivity index (χ4n) is 3.57. The summed E-state index contributed by atoms with van der Waals surface area (Å²) < 4.78 is 29.4. The molecule has 0 saturated heterocycles. The summed E-state index contributed by atoms with van der Waals surface area (Å²) in [7, 11) is 1.62. The number of nitrogens with zero attached hydrogens (tertiary/aromatic N) is 5. The van der Waals surface area contributed by atoms with E-state index in [1.54, 1.807) is 25.2 Å². The fourth-order valence-corrected chi connectivity index (χ4v) is 3.57. The molecule has 0 spiro atoms. The zero-order valence-corrected chi connectivity index (χ0v) is 20.1. The number of aliphatic imine (C=N–C) groups is 1. The van der Waals surface area contributed by atoms with E-state index in [4.69, 9.17) is 17.9 Å². The van der Waals surface area contributed by atoms with Crippen LogP contribution in [0.1, 0.15) is 28.7 Å². The first kappa shape index (κ1) is 26.5. The van der Waals surface area contributed by atoms with E-state index in [9.17, 15) is 18.4 Å². The van der Waals surface area contributed by atoms with Crippen molar-refractivity contribution in [3.63, 3.8) is 0 Å². The Morgan fingerprint density at radius 3 is 2.59 bits per heavy atom. The maximum Gasteiger partial charge on any atom is 0.267 e. The minimum absolute atomic E-state index is 0.0798. The Kier molecular flexibility index (Phi) is 7.94. The maximum absolute atomic E-state index is 13.5. The van der Waals surface area contributed by atoms with Gasteiger partial charge in [-0.05, 0) is 24.3 Å². The van der Waals surface area contributed by atoms with Crippen LogP contribution in [0.2, 0.25) is 0 Å². The zero-order chi connectivity index (χ0) is 27.3. The van der Waals surface area contributed by atoms with Gasteiger partial charge in [-0.3, -0.25) is 14.2 Å². The molecule has 1 amide bonds. The number of rotatable bonds is 5. The molecule has 37 heavy (non-hydrogen) atoms. The molecule has 0 fully saturated rings. The van der Waals surface area contributed by atoms with Crippen molar-refractivity contribution in [3.8, 4) is 18.0 Å². The van der Waals surface area contributed by atoms with Gasteiger partial charge in [0.05, 0.1) is 16.6 Å². The summed E-state index contributed by atoms with van der Waals surface area (Å²) in [6, 6.07) is 8.37. The predicted molar refractivity (Wildman–Crippen MR) is 139 cm³/mol. The van der Waals surface area contributed by atoms with Gasteiger partial charge in [0.15, 0.2) is 23.3 Å². The molecule has 0 radical (unpaired) electrons. The number of primary amides is 1. The van der Waals surface area contributed by atoms with E-state index < -0.39 is 23.1 Å². The summed E-state index contributed by atoms with van der Waals surface area (Å²) >= 11 is 0. The van der Waals surface area contributed by atoms with Gasteiger partial charge in [0.25, 0.3) is 11.5 Å². The molecule has 2 heterocycles. The highest BCUT2D eigenvalue weighted by atomic mass is 19.2. The molecule has 0 atom stereocenters. The first-order valence-electron chi connectivity index (χ1n) is 10.9. The highest BCUT2D eigenvalue weighted by Gasteiger charge is 2.18. The molecule has 4 aromatic rings. The Bertz CT molecular complexity index is 1650. The zero-order valence-electron chi connectivity index (χ0n) is 20.1. The lowest BCUT2D eigenvalue weighted by atomic mass is 10.1. The normalized spacial score (nSPS) is 10.7. The molecule has 11 heteroatoms. The SMILES string of the molecule is C#Cc1cccc2nc(CC)n(-c3ccc(F)c(F)c3)c(=O)c12.C=C/C=N\c1c(C(N)=O)c(N)nn1C. The molecule has 2 aromatic carbocycles. The monoisotopic (exact) mass is 503 g/mol. The Hall–Kier alpha value is -5.11. The van der Waals surface area contributed by atoms with Gasteiger partial charge in [0, 0.05) is 31.3 Å². The van der Waals surface area contributed by atoms with Gasteiger partial charge in [-0.2, -0.15) is 5.10 Å². The van der Waals surface area contributed by atoms with Crippen molar-refractivity contribution in [3.05, 3.63) is 88.0 Å². The molecular weight excluding hydrogens is 480 g/mol. The second kappa shape index (κ2) is 11.1. The van der Waals surface area contributed by atoms with Crippen molar-refractivity contribution in [2.75, 3.05) is 5.73 Å². The number of aryl methyl sites for hydroxylation is 2. The molecule has 9 nitrogen and oxygen atoms in total. The number of anilines is 1. The van der Waals surface area contributed by atoms with Crippen molar-refractivity contribution in [2.45, 2.75) is 13.3 Å². The first-order valence-corrected chi connectivity index (χ1v) is 10.9. The number of hydrogen-bond acceptors (Lipinski definition) is 6. The van der Waals surface area contributed by atoms with Crippen LogP contribution in [0.3, 0.4) is 0 Å². The smallest absolute Gasteiger partial charge is 0.267 e. The molecule has 4 N–H and O–H groups in total. The lowest BCUT2D eigenvalue weighted by molar-refractivity contribution is 0.100. The van der Waals surface area contributed by atoms with E-state index in [2.05, 4.69) is 27.6 Å². The molecule has 0 unspecified atom stereocenters. The van der Waals surface area contributed by atoms with Crippen LogP contribution < -0.4 is 17.0 Å². The average Bonchev–Trinajstić information content (AvgIpc) is 3.16. The minimum atomic E-state index is -1.03. The number of terminal acetylenes is 1. The number of fused-ring (bicyclic) bond motifs is 1. The third kappa shape index (κ3) is 5.28. The maximum atomic E-state index is 13.5. The topological polar surface area (TPSA) is 134 Å². The third-order valence-corrected chi connectivity index (χ3v) is 5.19. The summed E-state index contributed by atoms with van der Waals surface area (Å²) in [5, 5.41) is 4.12. The van der Waals surface area contributed by atoms with Crippen molar-refractivity contribution in [1.82, 2.24) is 19.3 Å². The number of carbonyl (C=O) groups is 1. The van der Waals surface area contributed by atoms with Crippen molar-refractivity contribution in [1.29, 1.82) is 0 Å². The van der Waals surface area contributed by atoms with Gasteiger partial charge in [-0.25, -0.2) is 23.4 Å². The molecule has 0 aliphatic carbocycles. The number of amides is 1. The Morgan fingerprint density at radius 1 is 1.27 bits per heavy atom. The van der Waals surface area contributed by atoms with Crippen LogP contribution in [0.5, 0.6) is 0 Å². The van der Waals surface area contributed by atoms with Gasteiger partial charge < -0.3 is 11.5 Å². The van der Waals surface area contributed by atoms with Gasteiger partial charge >= 0.3 is 0 Å². The largest absolute Gasteiger partial charge is 0.381 e. The van der Waals surface area contributed by atoms with Crippen LogP contribution in [0, 0.1) is 24.0 Å². The van der Waals surface area contributed by atoms with E-state index in [1.807, 2.05) is 6.92 Å². The van der Waals surface area contributed by atoms with Gasteiger partial charge in [0.2, 0.25) is 0 Å². The summed E-state index contributed by atoms with van der Waals surface area (Å²) in [6.45, 7) is 5.29. The van der Waals surface area contributed by atoms with Crippen LogP contribution in [-0.2, 0) is 13.5 Å². The second-order valence-corrected chi connectivity index (χ2v) is 7.55. The number of nitrogens with two attached hydrogens (primary N) is 2. The summed E-state index contributed by atoms with van der Waals surface area (Å²) in [5.74, 6) is 0.669. The number of nitrogen functional groups attached to an aromatic ring is 1. The van der Waals surface area contributed by atoms with Crippen LogP contribution in [0.15, 0.2) is 58.8 Å². The van der Waals surface area contributed by atoms with E-state index in [-0.39, 0.29) is 22.5 Å². The number of aromatic nitrogens is 4. The lowest BCUT2D eigenvalue weighted by Gasteiger charge is -2.13. The number of allylic oxidation sites excluding steroid dienone is 1. The van der Waals surface area contributed by atoms with Crippen molar-refractivity contribution >= 4 is 34.7 Å². The van der Waals surface area contributed by atoms with Crippen LogP contribution in [0.25, 0.3) is 16.6 Å². The lowest BCUT2D eigenvalue weighted by Crippen LogP contribution is -2.24. The number of carbonyl (C=O) groups excluding carboxylic acids is 1. The standard InChI is InChI=1S/C18H12F2N2O.C8H11N5O/c1-3-11-6-5-7-15-17(11)18(23)22(16(4-2)21-15)12-8-9-13(19)14(20)10-12;1-3-4-11-8-5(7(10)14)6(9)12-13(8)2/h1,5-10H,4H2,2H3;3-4H,1H2,2H3,(H2,9,12)(H2,10,14)/b;11-4-. The van der Waals surface area contributed by atoms with Crippen LogP contribution >= 0.6 is 0 Å². The summed E-state index contributed by atoms with van der Waals surface area (Å²) in [6.07, 6.45) is 8.81. The van der Waals surface area contributed by atoms with E-state index >= 15 is 0 Å². The van der Waals surface area contributed by atoms with Crippen LogP contribution in [-0.4, -0.2) is 31.5 Å². The number of hydrogen-bond donors (Lipinski definition) is 2. The average molecular weight is 504 g/mol. The number of benzene rings is 2. The molecule has 4 rings (SSSR count). The van der Waals surface area contributed by atoms with E-state index in [0.29, 0.717) is 29.1 Å². The fraction of sp³-hybridized carbons (Fsp3) is 0.115. The number of halogens is 2. The van der Waals surface area contributed by atoms with Gasteiger partial charge in [0.1, 0.15) is 11.4 Å². The molecule has 0 bridgehead atoms. The Labute approximate surface area is 210 Å².